The monoisotopic (exact) mass is 332 g/mol. The highest BCUT2D eigenvalue weighted by molar-refractivity contribution is 5.87. The van der Waals surface area contributed by atoms with Gasteiger partial charge >= 0.3 is 0 Å². The third-order valence-electron chi connectivity index (χ3n) is 3.00. The van der Waals surface area contributed by atoms with Gasteiger partial charge in [0.1, 0.15) is 0 Å². The zero-order valence-electron chi connectivity index (χ0n) is 12.4. The molecule has 0 radical (unpaired) electrons. The summed E-state index contributed by atoms with van der Waals surface area (Å²) >= 11 is 0. The van der Waals surface area contributed by atoms with Gasteiger partial charge in [-0.15, -0.1) is 0 Å². The van der Waals surface area contributed by atoms with Crippen molar-refractivity contribution in [3.8, 4) is 11.5 Å². The second-order valence-corrected chi connectivity index (χ2v) is 4.51. The summed E-state index contributed by atoms with van der Waals surface area (Å²) in [6, 6.07) is 7.70. The van der Waals surface area contributed by atoms with Gasteiger partial charge in [0.2, 0.25) is 0 Å². The fourth-order valence-corrected chi connectivity index (χ4v) is 1.83. The summed E-state index contributed by atoms with van der Waals surface area (Å²) in [6.45, 7) is 0. The minimum Gasteiger partial charge on any atom is -0.504 e. The highest BCUT2D eigenvalue weighted by atomic mass is 16.6. The van der Waals surface area contributed by atoms with E-state index in [2.05, 4.69) is 10.5 Å². The van der Waals surface area contributed by atoms with E-state index >= 15 is 0 Å². The van der Waals surface area contributed by atoms with Crippen molar-refractivity contribution in [1.29, 1.82) is 0 Å². The van der Waals surface area contributed by atoms with E-state index in [9.17, 15) is 25.3 Å². The number of nitro benzene ring substituents is 2. The SMILES string of the molecule is COc1cc([N+](=O)[O-])c(C=NNc2ccc([N+](=O)[O-])cc2)cc1O. The van der Waals surface area contributed by atoms with Gasteiger partial charge in [0.05, 0.1) is 40.5 Å². The van der Waals surface area contributed by atoms with Gasteiger partial charge in [-0.05, 0) is 18.2 Å². The summed E-state index contributed by atoms with van der Waals surface area (Å²) in [5, 5.41) is 35.1. The van der Waals surface area contributed by atoms with Gasteiger partial charge in [0.15, 0.2) is 11.5 Å². The Morgan fingerprint density at radius 3 is 2.38 bits per heavy atom. The second kappa shape index (κ2) is 7.05. The number of ether oxygens (including phenoxy) is 1. The third-order valence-corrected chi connectivity index (χ3v) is 3.00. The zero-order chi connectivity index (χ0) is 17.7. The number of benzene rings is 2. The highest BCUT2D eigenvalue weighted by Gasteiger charge is 2.17. The summed E-state index contributed by atoms with van der Waals surface area (Å²) in [7, 11) is 1.28. The van der Waals surface area contributed by atoms with Crippen molar-refractivity contribution in [1.82, 2.24) is 0 Å². The van der Waals surface area contributed by atoms with Gasteiger partial charge in [0, 0.05) is 12.1 Å². The number of nitrogens with one attached hydrogen (secondary N) is 1. The molecule has 124 valence electrons. The first-order valence-electron chi connectivity index (χ1n) is 6.51. The smallest absolute Gasteiger partial charge is 0.282 e. The summed E-state index contributed by atoms with van der Waals surface area (Å²) in [6.07, 6.45) is 1.15. The average molecular weight is 332 g/mol. The number of hydrazone groups is 1. The van der Waals surface area contributed by atoms with Gasteiger partial charge in [-0.3, -0.25) is 25.7 Å². The molecule has 0 unspecified atom stereocenters. The van der Waals surface area contributed by atoms with Gasteiger partial charge in [-0.2, -0.15) is 5.10 Å². The lowest BCUT2D eigenvalue weighted by Gasteiger charge is -2.05. The molecule has 2 aromatic rings. The van der Waals surface area contributed by atoms with Gasteiger partial charge < -0.3 is 9.84 Å². The first-order chi connectivity index (χ1) is 11.4. The molecule has 0 aliphatic rings. The van der Waals surface area contributed by atoms with Crippen LogP contribution in [0.3, 0.4) is 0 Å². The Morgan fingerprint density at radius 1 is 1.17 bits per heavy atom. The minimum absolute atomic E-state index is 0.0258. The molecular weight excluding hydrogens is 320 g/mol. The topological polar surface area (TPSA) is 140 Å². The van der Waals surface area contributed by atoms with Crippen LogP contribution in [0.25, 0.3) is 0 Å². The summed E-state index contributed by atoms with van der Waals surface area (Å²) in [5.74, 6) is -0.290. The van der Waals surface area contributed by atoms with E-state index in [4.69, 9.17) is 4.74 Å². The van der Waals surface area contributed by atoms with Crippen molar-refractivity contribution >= 4 is 23.3 Å². The molecule has 2 aromatic carbocycles. The van der Waals surface area contributed by atoms with Crippen LogP contribution in [0.5, 0.6) is 11.5 Å². The van der Waals surface area contributed by atoms with E-state index < -0.39 is 9.85 Å². The Balaban J connectivity index is 2.20. The normalized spacial score (nSPS) is 10.5. The van der Waals surface area contributed by atoms with Gasteiger partial charge in [-0.25, -0.2) is 0 Å². The summed E-state index contributed by atoms with van der Waals surface area (Å²) in [4.78, 5) is 20.5. The Labute approximate surface area is 135 Å². The number of non-ortho nitro benzene ring substituents is 1. The largest absolute Gasteiger partial charge is 0.504 e. The lowest BCUT2D eigenvalue weighted by Crippen LogP contribution is -1.98. The molecule has 0 aromatic heterocycles. The molecule has 0 amide bonds. The molecule has 0 aliphatic carbocycles. The van der Waals surface area contributed by atoms with Crippen molar-refractivity contribution in [3.05, 3.63) is 62.2 Å². The number of hydrogen-bond acceptors (Lipinski definition) is 8. The van der Waals surface area contributed by atoms with E-state index in [0.29, 0.717) is 5.69 Å². The first kappa shape index (κ1) is 16.7. The lowest BCUT2D eigenvalue weighted by atomic mass is 10.1. The number of nitro groups is 2. The summed E-state index contributed by atoms with van der Waals surface area (Å²) < 4.78 is 4.83. The number of phenols is 1. The summed E-state index contributed by atoms with van der Waals surface area (Å²) in [5.41, 5.74) is 2.74. The molecule has 2 N–H and O–H groups in total. The molecule has 0 atom stereocenters. The van der Waals surface area contributed by atoms with Crippen LogP contribution in [-0.2, 0) is 0 Å². The van der Waals surface area contributed by atoms with E-state index in [0.717, 1.165) is 18.3 Å². The number of anilines is 1. The molecule has 10 nitrogen and oxygen atoms in total. The van der Waals surface area contributed by atoms with Crippen LogP contribution < -0.4 is 10.2 Å². The molecule has 0 fully saturated rings. The molecule has 0 aliphatic heterocycles. The number of methoxy groups -OCH3 is 1. The Kier molecular flexibility index (Phi) is 4.90. The Bertz CT molecular complexity index is 804. The van der Waals surface area contributed by atoms with Crippen LogP contribution in [0.2, 0.25) is 0 Å². The maximum absolute atomic E-state index is 11.1. The van der Waals surface area contributed by atoms with Crippen molar-refractivity contribution in [2.24, 2.45) is 5.10 Å². The van der Waals surface area contributed by atoms with E-state index in [1.54, 1.807) is 0 Å². The maximum Gasteiger partial charge on any atom is 0.282 e. The van der Waals surface area contributed by atoms with Gasteiger partial charge in [0.25, 0.3) is 11.4 Å². The predicted octanol–water partition coefficient (Wildman–Crippen LogP) is 2.66. The van der Waals surface area contributed by atoms with Gasteiger partial charge in [-0.1, -0.05) is 0 Å². The molecule has 0 saturated carbocycles. The maximum atomic E-state index is 11.1. The zero-order valence-corrected chi connectivity index (χ0v) is 12.4. The van der Waals surface area contributed by atoms with Crippen LogP contribution >= 0.6 is 0 Å². The molecular formula is C14H12N4O6. The van der Waals surface area contributed by atoms with E-state index in [1.165, 1.54) is 31.4 Å². The quantitative estimate of drug-likeness (QED) is 0.470. The third kappa shape index (κ3) is 3.74. The number of aromatic hydroxyl groups is 1. The number of hydrogen-bond donors (Lipinski definition) is 2. The predicted molar refractivity (Wildman–Crippen MR) is 85.6 cm³/mol. The van der Waals surface area contributed by atoms with Crippen LogP contribution in [0.1, 0.15) is 5.56 Å². The van der Waals surface area contributed by atoms with Crippen LogP contribution in [0.4, 0.5) is 17.1 Å². The molecule has 0 bridgehead atoms. The average Bonchev–Trinajstić information content (AvgIpc) is 2.55. The van der Waals surface area contributed by atoms with Crippen molar-refractivity contribution in [2.75, 3.05) is 12.5 Å². The number of phenolic OH excluding ortho intramolecular Hbond substituents is 1. The lowest BCUT2D eigenvalue weighted by molar-refractivity contribution is -0.385. The fraction of sp³-hybridized carbons (Fsp3) is 0.0714. The molecule has 24 heavy (non-hydrogen) atoms. The standard InChI is InChI=1S/C14H12N4O6/c1-24-14-7-12(18(22)23)9(6-13(14)19)8-15-16-10-2-4-11(5-3-10)17(20)21/h2-8,16,19H,1H3. The van der Waals surface area contributed by atoms with E-state index in [1.807, 2.05) is 0 Å². The molecule has 0 spiro atoms. The van der Waals surface area contributed by atoms with Crippen molar-refractivity contribution < 1.29 is 19.7 Å². The second-order valence-electron chi connectivity index (χ2n) is 4.51. The number of rotatable bonds is 6. The van der Waals surface area contributed by atoms with Crippen LogP contribution in [-0.4, -0.2) is 28.3 Å². The van der Waals surface area contributed by atoms with Crippen molar-refractivity contribution in [2.45, 2.75) is 0 Å². The molecule has 2 rings (SSSR count). The molecule has 10 heteroatoms. The fourth-order valence-electron chi connectivity index (χ4n) is 1.83. The minimum atomic E-state index is -0.630. The first-order valence-corrected chi connectivity index (χ1v) is 6.51. The highest BCUT2D eigenvalue weighted by Crippen LogP contribution is 2.32. The number of nitrogens with zero attached hydrogens (tertiary/aromatic N) is 3. The van der Waals surface area contributed by atoms with E-state index in [-0.39, 0.29) is 28.4 Å². The molecule has 0 heterocycles. The van der Waals surface area contributed by atoms with Crippen molar-refractivity contribution in [3.63, 3.8) is 0 Å². The Hall–Kier alpha value is -3.69. The Morgan fingerprint density at radius 2 is 1.83 bits per heavy atom. The molecule has 0 saturated heterocycles. The van der Waals surface area contributed by atoms with Crippen LogP contribution in [0.15, 0.2) is 41.5 Å². The van der Waals surface area contributed by atoms with Crippen LogP contribution in [0, 0.1) is 20.2 Å².